The average Bonchev–Trinajstić information content (AvgIpc) is 2.27. The van der Waals surface area contributed by atoms with Crippen LogP contribution in [0.15, 0.2) is 12.3 Å². The standard InChI is InChI=1S/C10H9N3O2/c1-7(14)13-3-4-15-9-5-8(11-2)6-12-10(9)13/h5-6H,3-4H2,1H3. The molecule has 0 spiro atoms. The molecule has 1 aliphatic rings. The Morgan fingerprint density at radius 3 is 3.20 bits per heavy atom. The zero-order valence-electron chi connectivity index (χ0n) is 8.23. The molecule has 1 aliphatic heterocycles. The highest BCUT2D eigenvalue weighted by Gasteiger charge is 2.22. The number of rotatable bonds is 0. The lowest BCUT2D eigenvalue weighted by molar-refractivity contribution is -0.116. The molecular weight excluding hydrogens is 194 g/mol. The van der Waals surface area contributed by atoms with Gasteiger partial charge in [-0.05, 0) is 6.07 Å². The molecule has 1 aromatic heterocycles. The van der Waals surface area contributed by atoms with Gasteiger partial charge in [0.1, 0.15) is 6.61 Å². The van der Waals surface area contributed by atoms with Crippen molar-refractivity contribution in [3.05, 3.63) is 23.7 Å². The fraction of sp³-hybridized carbons (Fsp3) is 0.300. The van der Waals surface area contributed by atoms with Gasteiger partial charge in [-0.1, -0.05) is 0 Å². The first-order valence-electron chi connectivity index (χ1n) is 4.51. The van der Waals surface area contributed by atoms with Crippen LogP contribution in [0.5, 0.6) is 5.75 Å². The topological polar surface area (TPSA) is 46.8 Å². The van der Waals surface area contributed by atoms with Crippen molar-refractivity contribution in [2.45, 2.75) is 6.92 Å². The van der Waals surface area contributed by atoms with Crippen molar-refractivity contribution >= 4 is 17.4 Å². The highest BCUT2D eigenvalue weighted by molar-refractivity contribution is 5.92. The van der Waals surface area contributed by atoms with Gasteiger partial charge in [0.2, 0.25) is 11.6 Å². The third-order valence-electron chi connectivity index (χ3n) is 2.16. The molecule has 0 aliphatic carbocycles. The lowest BCUT2D eigenvalue weighted by atomic mass is 10.3. The van der Waals surface area contributed by atoms with Gasteiger partial charge in [-0.25, -0.2) is 9.83 Å². The van der Waals surface area contributed by atoms with Gasteiger partial charge in [0.15, 0.2) is 11.6 Å². The van der Waals surface area contributed by atoms with E-state index in [0.29, 0.717) is 30.4 Å². The molecule has 2 heterocycles. The number of carbonyl (C=O) groups excluding carboxylic acids is 1. The fourth-order valence-corrected chi connectivity index (χ4v) is 1.46. The molecule has 0 aromatic carbocycles. The quantitative estimate of drug-likeness (QED) is 0.598. The van der Waals surface area contributed by atoms with E-state index >= 15 is 0 Å². The Morgan fingerprint density at radius 2 is 2.53 bits per heavy atom. The van der Waals surface area contributed by atoms with E-state index in [0.717, 1.165) is 0 Å². The predicted octanol–water partition coefficient (Wildman–Crippen LogP) is 1.38. The Hall–Kier alpha value is -2.09. The average molecular weight is 203 g/mol. The summed E-state index contributed by atoms with van der Waals surface area (Å²) in [6.07, 6.45) is 1.44. The first kappa shape index (κ1) is 9.46. The minimum atomic E-state index is -0.0670. The molecule has 1 amide bonds. The zero-order chi connectivity index (χ0) is 10.8. The second-order valence-electron chi connectivity index (χ2n) is 3.15. The lowest BCUT2D eigenvalue weighted by Crippen LogP contribution is -2.36. The number of anilines is 1. The molecule has 0 bridgehead atoms. The highest BCUT2D eigenvalue weighted by atomic mass is 16.5. The molecule has 5 nitrogen and oxygen atoms in total. The van der Waals surface area contributed by atoms with E-state index in [-0.39, 0.29) is 5.91 Å². The first-order chi connectivity index (χ1) is 7.22. The number of fused-ring (bicyclic) bond motifs is 1. The molecule has 0 saturated carbocycles. The number of amides is 1. The van der Waals surface area contributed by atoms with Gasteiger partial charge in [0.05, 0.1) is 13.1 Å². The highest BCUT2D eigenvalue weighted by Crippen LogP contribution is 2.32. The van der Waals surface area contributed by atoms with Gasteiger partial charge in [-0.3, -0.25) is 9.69 Å². The molecular formula is C10H9N3O2. The number of aromatic nitrogens is 1. The van der Waals surface area contributed by atoms with E-state index < -0.39 is 0 Å². The van der Waals surface area contributed by atoms with Gasteiger partial charge < -0.3 is 4.74 Å². The Balaban J connectivity index is 2.46. The van der Waals surface area contributed by atoms with Crippen molar-refractivity contribution in [2.24, 2.45) is 0 Å². The van der Waals surface area contributed by atoms with Crippen LogP contribution in [0, 0.1) is 6.57 Å². The molecule has 0 unspecified atom stereocenters. The maximum absolute atomic E-state index is 11.3. The van der Waals surface area contributed by atoms with Crippen LogP contribution < -0.4 is 9.64 Å². The van der Waals surface area contributed by atoms with Gasteiger partial charge >= 0.3 is 0 Å². The SMILES string of the molecule is [C-]#[N+]c1cnc2c(c1)OCCN2C(C)=O. The van der Waals surface area contributed by atoms with Crippen LogP contribution in [-0.2, 0) is 4.79 Å². The van der Waals surface area contributed by atoms with Crippen LogP contribution >= 0.6 is 0 Å². The normalized spacial score (nSPS) is 13.7. The Morgan fingerprint density at radius 1 is 1.73 bits per heavy atom. The minimum absolute atomic E-state index is 0.0670. The number of carbonyl (C=O) groups is 1. The zero-order valence-corrected chi connectivity index (χ0v) is 8.23. The largest absolute Gasteiger partial charge is 0.489 e. The molecule has 0 fully saturated rings. The van der Waals surface area contributed by atoms with Gasteiger partial charge in [-0.15, -0.1) is 0 Å². The summed E-state index contributed by atoms with van der Waals surface area (Å²) in [5, 5.41) is 0. The van der Waals surface area contributed by atoms with Crippen LogP contribution in [0.1, 0.15) is 6.92 Å². The van der Waals surface area contributed by atoms with Gasteiger partial charge in [-0.2, -0.15) is 0 Å². The lowest BCUT2D eigenvalue weighted by Gasteiger charge is -2.27. The van der Waals surface area contributed by atoms with E-state index in [1.165, 1.54) is 13.1 Å². The van der Waals surface area contributed by atoms with Crippen molar-refractivity contribution in [1.82, 2.24) is 4.98 Å². The van der Waals surface area contributed by atoms with Crippen molar-refractivity contribution in [3.8, 4) is 5.75 Å². The monoisotopic (exact) mass is 203 g/mol. The molecule has 0 radical (unpaired) electrons. The molecule has 15 heavy (non-hydrogen) atoms. The van der Waals surface area contributed by atoms with E-state index in [4.69, 9.17) is 11.3 Å². The third kappa shape index (κ3) is 1.62. The maximum Gasteiger partial charge on any atom is 0.225 e. The molecule has 1 aromatic rings. The van der Waals surface area contributed by atoms with E-state index in [1.54, 1.807) is 11.0 Å². The summed E-state index contributed by atoms with van der Waals surface area (Å²) in [5.41, 5.74) is 0.416. The van der Waals surface area contributed by atoms with Crippen LogP contribution in [-0.4, -0.2) is 24.0 Å². The van der Waals surface area contributed by atoms with Gasteiger partial charge in [0.25, 0.3) is 0 Å². The van der Waals surface area contributed by atoms with E-state index in [9.17, 15) is 4.79 Å². The molecule has 5 heteroatoms. The summed E-state index contributed by atoms with van der Waals surface area (Å²) in [6, 6.07) is 1.60. The van der Waals surface area contributed by atoms with Crippen LogP contribution in [0.2, 0.25) is 0 Å². The maximum atomic E-state index is 11.3. The number of ether oxygens (including phenoxy) is 1. The molecule has 0 atom stereocenters. The summed E-state index contributed by atoms with van der Waals surface area (Å²) >= 11 is 0. The fourth-order valence-electron chi connectivity index (χ4n) is 1.46. The molecule has 2 rings (SSSR count). The van der Waals surface area contributed by atoms with Crippen molar-refractivity contribution < 1.29 is 9.53 Å². The molecule has 0 saturated heterocycles. The summed E-state index contributed by atoms with van der Waals surface area (Å²) < 4.78 is 5.35. The van der Waals surface area contributed by atoms with Crippen molar-refractivity contribution in [2.75, 3.05) is 18.1 Å². The Bertz CT molecular complexity index is 450. The van der Waals surface area contributed by atoms with Gasteiger partial charge in [0, 0.05) is 13.1 Å². The Kier molecular flexibility index (Phi) is 2.26. The summed E-state index contributed by atoms with van der Waals surface area (Å²) in [7, 11) is 0. The summed E-state index contributed by atoms with van der Waals surface area (Å²) in [5.74, 6) is 0.939. The first-order valence-corrected chi connectivity index (χ1v) is 4.51. The molecule has 0 N–H and O–H groups in total. The summed E-state index contributed by atoms with van der Waals surface area (Å²) in [4.78, 5) is 20.1. The van der Waals surface area contributed by atoms with E-state index in [1.807, 2.05) is 0 Å². The van der Waals surface area contributed by atoms with Crippen LogP contribution in [0.4, 0.5) is 11.5 Å². The van der Waals surface area contributed by atoms with E-state index in [2.05, 4.69) is 9.83 Å². The van der Waals surface area contributed by atoms with Crippen molar-refractivity contribution in [1.29, 1.82) is 0 Å². The van der Waals surface area contributed by atoms with Crippen molar-refractivity contribution in [3.63, 3.8) is 0 Å². The number of pyridine rings is 1. The second kappa shape index (κ2) is 3.58. The number of hydrogen-bond donors (Lipinski definition) is 0. The minimum Gasteiger partial charge on any atom is -0.489 e. The number of hydrogen-bond acceptors (Lipinski definition) is 3. The number of nitrogens with zero attached hydrogens (tertiary/aromatic N) is 3. The van der Waals surface area contributed by atoms with Crippen LogP contribution in [0.25, 0.3) is 4.85 Å². The molecule has 76 valence electrons. The smallest absolute Gasteiger partial charge is 0.225 e. The third-order valence-corrected chi connectivity index (χ3v) is 2.16. The predicted molar refractivity (Wildman–Crippen MR) is 54.0 cm³/mol. The summed E-state index contributed by atoms with van der Waals surface area (Å²) in [6.45, 7) is 9.28. The second-order valence-corrected chi connectivity index (χ2v) is 3.15. The Labute approximate surface area is 87.1 Å². The van der Waals surface area contributed by atoms with Crippen LogP contribution in [0.3, 0.4) is 0 Å².